The molecular formula is C16H20N2O5. The van der Waals surface area contributed by atoms with E-state index in [-0.39, 0.29) is 25.0 Å². The highest BCUT2D eigenvalue weighted by Gasteiger charge is 2.45. The van der Waals surface area contributed by atoms with Gasteiger partial charge in [0.25, 0.3) is 5.91 Å². The fourth-order valence-corrected chi connectivity index (χ4v) is 2.49. The van der Waals surface area contributed by atoms with Gasteiger partial charge in [0, 0.05) is 0 Å². The highest BCUT2D eigenvalue weighted by molar-refractivity contribution is 5.95. The Bertz CT molecular complexity index is 587. The van der Waals surface area contributed by atoms with E-state index in [0.717, 1.165) is 0 Å². The number of carbonyl (C=O) groups is 3. The van der Waals surface area contributed by atoms with Crippen LogP contribution in [-0.4, -0.2) is 53.0 Å². The first-order valence-electron chi connectivity index (χ1n) is 7.40. The zero-order chi connectivity index (χ0) is 17.0. The van der Waals surface area contributed by atoms with Crippen LogP contribution < -0.4 is 10.1 Å². The number of para-hydroxylation sites is 1. The highest BCUT2D eigenvalue weighted by atomic mass is 16.5. The van der Waals surface area contributed by atoms with Crippen molar-refractivity contribution in [2.24, 2.45) is 5.92 Å². The van der Waals surface area contributed by atoms with Crippen LogP contribution >= 0.6 is 0 Å². The first-order valence-corrected chi connectivity index (χ1v) is 7.40. The van der Waals surface area contributed by atoms with Crippen molar-refractivity contribution >= 4 is 17.8 Å². The van der Waals surface area contributed by atoms with E-state index in [2.05, 4.69) is 5.32 Å². The fraction of sp³-hybridized carbons (Fsp3) is 0.438. The van der Waals surface area contributed by atoms with Crippen molar-refractivity contribution in [2.75, 3.05) is 13.2 Å². The minimum absolute atomic E-state index is 0.194. The lowest BCUT2D eigenvalue weighted by Gasteiger charge is -2.43. The van der Waals surface area contributed by atoms with Gasteiger partial charge in [0.15, 0.2) is 6.61 Å². The summed E-state index contributed by atoms with van der Waals surface area (Å²) in [5.74, 6) is -1.46. The molecule has 1 aromatic carbocycles. The molecule has 7 nitrogen and oxygen atoms in total. The zero-order valence-corrected chi connectivity index (χ0v) is 13.1. The fourth-order valence-electron chi connectivity index (χ4n) is 2.49. The lowest BCUT2D eigenvalue weighted by atomic mass is 9.96. The van der Waals surface area contributed by atoms with Gasteiger partial charge in [-0.2, -0.15) is 0 Å². The molecule has 2 amide bonds. The van der Waals surface area contributed by atoms with Gasteiger partial charge in [-0.1, -0.05) is 32.0 Å². The SMILES string of the molecule is CC(C)C(C(=O)O)N1C[C@H](NC(=O)COc2ccccc2)C1=O. The van der Waals surface area contributed by atoms with E-state index >= 15 is 0 Å². The largest absolute Gasteiger partial charge is 0.484 e. The molecule has 0 bridgehead atoms. The molecule has 1 saturated heterocycles. The molecular weight excluding hydrogens is 300 g/mol. The van der Waals surface area contributed by atoms with Crippen LogP contribution in [0.25, 0.3) is 0 Å². The van der Waals surface area contributed by atoms with Gasteiger partial charge in [0.05, 0.1) is 6.54 Å². The molecule has 1 fully saturated rings. The Morgan fingerprint density at radius 2 is 2.00 bits per heavy atom. The lowest BCUT2D eigenvalue weighted by molar-refractivity contribution is -0.162. The quantitative estimate of drug-likeness (QED) is 0.713. The first-order chi connectivity index (χ1) is 10.9. The number of rotatable bonds is 7. The summed E-state index contributed by atoms with van der Waals surface area (Å²) in [5, 5.41) is 11.7. The summed E-state index contributed by atoms with van der Waals surface area (Å²) < 4.78 is 5.29. The number of carboxylic acids is 1. The highest BCUT2D eigenvalue weighted by Crippen LogP contribution is 2.20. The van der Waals surface area contributed by atoms with Crippen molar-refractivity contribution in [3.05, 3.63) is 30.3 Å². The Morgan fingerprint density at radius 3 is 2.52 bits per heavy atom. The molecule has 0 aromatic heterocycles. The number of amides is 2. The maximum absolute atomic E-state index is 12.0. The van der Waals surface area contributed by atoms with Gasteiger partial charge < -0.3 is 20.1 Å². The molecule has 7 heteroatoms. The molecule has 2 rings (SSSR count). The summed E-state index contributed by atoms with van der Waals surface area (Å²) in [4.78, 5) is 36.3. The van der Waals surface area contributed by atoms with Crippen molar-refractivity contribution in [3.63, 3.8) is 0 Å². The monoisotopic (exact) mass is 320 g/mol. The number of carbonyl (C=O) groups excluding carboxylic acids is 2. The van der Waals surface area contributed by atoms with Crippen molar-refractivity contribution in [2.45, 2.75) is 25.9 Å². The van der Waals surface area contributed by atoms with Crippen LogP contribution in [0, 0.1) is 5.92 Å². The van der Waals surface area contributed by atoms with Crippen molar-refractivity contribution in [1.29, 1.82) is 0 Å². The summed E-state index contributed by atoms with van der Waals surface area (Å²) in [6.07, 6.45) is 0. The van der Waals surface area contributed by atoms with E-state index in [1.165, 1.54) is 4.90 Å². The smallest absolute Gasteiger partial charge is 0.326 e. The van der Waals surface area contributed by atoms with E-state index < -0.39 is 24.0 Å². The number of hydrogen-bond acceptors (Lipinski definition) is 4. The Hall–Kier alpha value is -2.57. The number of carboxylic acid groups (broad SMARTS) is 1. The van der Waals surface area contributed by atoms with Crippen LogP contribution in [0.3, 0.4) is 0 Å². The van der Waals surface area contributed by atoms with Crippen LogP contribution in [0.15, 0.2) is 30.3 Å². The second-order valence-corrected chi connectivity index (χ2v) is 5.74. The van der Waals surface area contributed by atoms with Gasteiger partial charge in [-0.3, -0.25) is 9.59 Å². The maximum atomic E-state index is 12.0. The minimum Gasteiger partial charge on any atom is -0.484 e. The molecule has 1 unspecified atom stereocenters. The van der Waals surface area contributed by atoms with Gasteiger partial charge in [-0.05, 0) is 18.1 Å². The van der Waals surface area contributed by atoms with E-state index in [1.54, 1.807) is 38.1 Å². The number of aliphatic carboxylic acids is 1. The van der Waals surface area contributed by atoms with E-state index in [9.17, 15) is 19.5 Å². The Kier molecular flexibility index (Phi) is 5.20. The second kappa shape index (κ2) is 7.13. The minimum atomic E-state index is -1.04. The molecule has 23 heavy (non-hydrogen) atoms. The second-order valence-electron chi connectivity index (χ2n) is 5.74. The van der Waals surface area contributed by atoms with Crippen LogP contribution in [0.4, 0.5) is 0 Å². The van der Waals surface area contributed by atoms with E-state index in [0.29, 0.717) is 5.75 Å². The van der Waals surface area contributed by atoms with Crippen LogP contribution in [0.5, 0.6) is 5.75 Å². The number of benzene rings is 1. The van der Waals surface area contributed by atoms with Gasteiger partial charge in [0.2, 0.25) is 5.91 Å². The molecule has 124 valence electrons. The maximum Gasteiger partial charge on any atom is 0.326 e. The van der Waals surface area contributed by atoms with Gasteiger partial charge in [-0.25, -0.2) is 4.79 Å². The van der Waals surface area contributed by atoms with Crippen LogP contribution in [0.2, 0.25) is 0 Å². The molecule has 0 radical (unpaired) electrons. The molecule has 2 atom stereocenters. The molecule has 0 saturated carbocycles. The predicted molar refractivity (Wildman–Crippen MR) is 81.8 cm³/mol. The predicted octanol–water partition coefficient (Wildman–Crippen LogP) is 0.502. The third kappa shape index (κ3) is 4.00. The molecule has 1 aliphatic heterocycles. The van der Waals surface area contributed by atoms with Gasteiger partial charge in [0.1, 0.15) is 17.8 Å². The van der Waals surface area contributed by atoms with Gasteiger partial charge in [-0.15, -0.1) is 0 Å². The topological polar surface area (TPSA) is 95.9 Å². The first kappa shape index (κ1) is 16.8. The average molecular weight is 320 g/mol. The zero-order valence-electron chi connectivity index (χ0n) is 13.1. The summed E-state index contributed by atoms with van der Waals surface area (Å²) in [6.45, 7) is 3.49. The van der Waals surface area contributed by atoms with Crippen LogP contribution in [0.1, 0.15) is 13.8 Å². The summed E-state index contributed by atoms with van der Waals surface area (Å²) in [6, 6.07) is 7.32. The van der Waals surface area contributed by atoms with Crippen LogP contribution in [-0.2, 0) is 14.4 Å². The third-order valence-corrected chi connectivity index (χ3v) is 3.63. The van der Waals surface area contributed by atoms with Crippen molar-refractivity contribution in [3.8, 4) is 5.75 Å². The molecule has 1 heterocycles. The molecule has 0 aliphatic carbocycles. The van der Waals surface area contributed by atoms with Crippen molar-refractivity contribution in [1.82, 2.24) is 10.2 Å². The number of nitrogens with one attached hydrogen (secondary N) is 1. The molecule has 0 spiro atoms. The Labute approximate surface area is 134 Å². The van der Waals surface area contributed by atoms with E-state index in [1.807, 2.05) is 6.07 Å². The summed E-state index contributed by atoms with van der Waals surface area (Å²) in [7, 11) is 0. The van der Waals surface area contributed by atoms with Crippen molar-refractivity contribution < 1.29 is 24.2 Å². The number of nitrogens with zero attached hydrogens (tertiary/aromatic N) is 1. The van der Waals surface area contributed by atoms with Gasteiger partial charge >= 0.3 is 5.97 Å². The summed E-state index contributed by atoms with van der Waals surface area (Å²) in [5.41, 5.74) is 0. The normalized spacial score (nSPS) is 18.3. The molecule has 1 aliphatic rings. The average Bonchev–Trinajstić information content (AvgIpc) is 2.51. The lowest BCUT2D eigenvalue weighted by Crippen LogP contribution is -2.68. The number of ether oxygens (including phenoxy) is 1. The number of β-lactam (4-membered cyclic amide) rings is 1. The number of likely N-dealkylation sites (tertiary alicyclic amines) is 1. The standard InChI is InChI=1S/C16H20N2O5/c1-10(2)14(16(21)22)18-8-12(15(18)20)17-13(19)9-23-11-6-4-3-5-7-11/h3-7,10,12,14H,8-9H2,1-2H3,(H,17,19)(H,21,22)/t12-,14?/m0/s1. The Balaban J connectivity index is 1.80. The van der Waals surface area contributed by atoms with E-state index in [4.69, 9.17) is 4.74 Å². The molecule has 2 N–H and O–H groups in total. The summed E-state index contributed by atoms with van der Waals surface area (Å²) >= 11 is 0. The molecule has 1 aromatic rings. The number of hydrogen-bond donors (Lipinski definition) is 2. The Morgan fingerprint density at radius 1 is 1.35 bits per heavy atom. The third-order valence-electron chi connectivity index (χ3n) is 3.63.